The Hall–Kier alpha value is -0.650. The summed E-state index contributed by atoms with van der Waals surface area (Å²) in [5, 5.41) is 3.21. The Kier molecular flexibility index (Phi) is 4.76. The molecule has 0 radical (unpaired) electrons. The van der Waals surface area contributed by atoms with Gasteiger partial charge in [0.25, 0.3) is 0 Å². The van der Waals surface area contributed by atoms with Crippen molar-refractivity contribution in [2.45, 2.75) is 13.3 Å². The van der Waals surface area contributed by atoms with Gasteiger partial charge >= 0.3 is 0 Å². The second kappa shape index (κ2) is 6.33. The highest BCUT2D eigenvalue weighted by molar-refractivity contribution is 7.13. The predicted octanol–water partition coefficient (Wildman–Crippen LogP) is 1.25. The van der Waals surface area contributed by atoms with Crippen molar-refractivity contribution in [1.29, 1.82) is 0 Å². The summed E-state index contributed by atoms with van der Waals surface area (Å²) in [6, 6.07) is 0. The Balaban J connectivity index is 1.74. The number of thiazole rings is 1. The van der Waals surface area contributed by atoms with Crippen LogP contribution in [0, 0.1) is 5.92 Å². The summed E-state index contributed by atoms with van der Waals surface area (Å²) in [5.41, 5.74) is 5.59. The molecular formula is C12H22N4S. The average molecular weight is 254 g/mol. The molecule has 2 rings (SSSR count). The maximum atomic E-state index is 5.59. The molecule has 2 N–H and O–H groups in total. The highest BCUT2D eigenvalue weighted by atomic mass is 32.1. The van der Waals surface area contributed by atoms with Gasteiger partial charge in [0.1, 0.15) is 0 Å². The van der Waals surface area contributed by atoms with Crippen LogP contribution < -0.4 is 10.6 Å². The van der Waals surface area contributed by atoms with Crippen LogP contribution in [0.15, 0.2) is 11.6 Å². The van der Waals surface area contributed by atoms with E-state index in [-0.39, 0.29) is 0 Å². The fourth-order valence-electron chi connectivity index (χ4n) is 2.31. The van der Waals surface area contributed by atoms with E-state index < -0.39 is 0 Å². The molecule has 5 heteroatoms. The fraction of sp³-hybridized carbons (Fsp3) is 0.750. The highest BCUT2D eigenvalue weighted by Crippen LogP contribution is 2.19. The quantitative estimate of drug-likeness (QED) is 0.859. The lowest BCUT2D eigenvalue weighted by molar-refractivity contribution is 0.221. The zero-order chi connectivity index (χ0) is 12.1. The first-order valence-corrected chi connectivity index (χ1v) is 7.24. The van der Waals surface area contributed by atoms with E-state index in [4.69, 9.17) is 5.73 Å². The number of rotatable bonds is 5. The van der Waals surface area contributed by atoms with Crippen molar-refractivity contribution >= 4 is 16.5 Å². The molecule has 1 aromatic rings. The summed E-state index contributed by atoms with van der Waals surface area (Å²) in [4.78, 5) is 9.29. The summed E-state index contributed by atoms with van der Waals surface area (Å²) in [5.74, 6) is 0.714. The molecule has 1 unspecified atom stereocenters. The molecule has 1 saturated heterocycles. The van der Waals surface area contributed by atoms with Crippen molar-refractivity contribution < 1.29 is 0 Å². The first-order chi connectivity index (χ1) is 8.29. The van der Waals surface area contributed by atoms with E-state index in [1.54, 1.807) is 11.3 Å². The molecule has 17 heavy (non-hydrogen) atoms. The minimum absolute atomic E-state index is 0.714. The number of aromatic nitrogens is 1. The van der Waals surface area contributed by atoms with Crippen molar-refractivity contribution in [3.05, 3.63) is 11.6 Å². The molecule has 0 aliphatic carbocycles. The van der Waals surface area contributed by atoms with E-state index in [2.05, 4.69) is 21.7 Å². The van der Waals surface area contributed by atoms with Gasteiger partial charge in [0, 0.05) is 44.3 Å². The maximum absolute atomic E-state index is 5.59. The van der Waals surface area contributed by atoms with Gasteiger partial charge in [-0.1, -0.05) is 6.92 Å². The first-order valence-electron chi connectivity index (χ1n) is 6.36. The van der Waals surface area contributed by atoms with Gasteiger partial charge in [-0.2, -0.15) is 0 Å². The Bertz CT molecular complexity index is 306. The first kappa shape index (κ1) is 12.8. The van der Waals surface area contributed by atoms with Crippen molar-refractivity contribution in [3.63, 3.8) is 0 Å². The molecule has 1 aromatic heterocycles. The minimum atomic E-state index is 0.714. The van der Waals surface area contributed by atoms with Crippen LogP contribution in [0.25, 0.3) is 0 Å². The van der Waals surface area contributed by atoms with Crippen LogP contribution in [0.3, 0.4) is 0 Å². The molecular weight excluding hydrogens is 232 g/mol. The van der Waals surface area contributed by atoms with E-state index in [0.717, 1.165) is 39.1 Å². The highest BCUT2D eigenvalue weighted by Gasteiger charge is 2.19. The largest absolute Gasteiger partial charge is 0.346 e. The lowest BCUT2D eigenvalue weighted by Crippen LogP contribution is -2.47. The van der Waals surface area contributed by atoms with Gasteiger partial charge in [0.2, 0.25) is 0 Å². The molecule has 1 aliphatic rings. The van der Waals surface area contributed by atoms with Gasteiger partial charge < -0.3 is 10.6 Å². The molecule has 0 spiro atoms. The van der Waals surface area contributed by atoms with Gasteiger partial charge in [-0.15, -0.1) is 11.3 Å². The third-order valence-electron chi connectivity index (χ3n) is 3.29. The van der Waals surface area contributed by atoms with Gasteiger partial charge in [-0.3, -0.25) is 4.90 Å². The molecule has 1 fully saturated rings. The van der Waals surface area contributed by atoms with E-state index in [0.29, 0.717) is 5.92 Å². The van der Waals surface area contributed by atoms with Crippen molar-refractivity contribution in [2.75, 3.05) is 44.2 Å². The third-order valence-corrected chi connectivity index (χ3v) is 4.12. The SMILES string of the molecule is CC(CCN)CN1CCN(c2nccs2)CC1. The Morgan fingerprint density at radius 2 is 2.18 bits per heavy atom. The van der Waals surface area contributed by atoms with Gasteiger partial charge in [-0.25, -0.2) is 4.98 Å². The summed E-state index contributed by atoms with van der Waals surface area (Å²) in [6.45, 7) is 8.78. The monoisotopic (exact) mass is 254 g/mol. The van der Waals surface area contributed by atoms with Crippen LogP contribution in [0.2, 0.25) is 0 Å². The number of piperazine rings is 1. The predicted molar refractivity (Wildman–Crippen MR) is 73.6 cm³/mol. The molecule has 0 aromatic carbocycles. The minimum Gasteiger partial charge on any atom is -0.346 e. The smallest absolute Gasteiger partial charge is 0.185 e. The van der Waals surface area contributed by atoms with Gasteiger partial charge in [0.05, 0.1) is 0 Å². The lowest BCUT2D eigenvalue weighted by Gasteiger charge is -2.35. The fourth-order valence-corrected chi connectivity index (χ4v) is 3.01. The van der Waals surface area contributed by atoms with Crippen LogP contribution in [0.4, 0.5) is 5.13 Å². The molecule has 4 nitrogen and oxygen atoms in total. The number of hydrogen-bond acceptors (Lipinski definition) is 5. The topological polar surface area (TPSA) is 45.4 Å². The molecule has 1 atom stereocenters. The average Bonchev–Trinajstić information content (AvgIpc) is 2.84. The zero-order valence-electron chi connectivity index (χ0n) is 10.5. The molecule has 0 amide bonds. The summed E-state index contributed by atoms with van der Waals surface area (Å²) >= 11 is 1.73. The standard InChI is InChI=1S/C12H22N4S/c1-11(2-3-13)10-15-5-7-16(8-6-15)12-14-4-9-17-12/h4,9,11H,2-3,5-8,10,13H2,1H3. The van der Waals surface area contributed by atoms with Crippen molar-refractivity contribution in [2.24, 2.45) is 11.7 Å². The maximum Gasteiger partial charge on any atom is 0.185 e. The van der Waals surface area contributed by atoms with Gasteiger partial charge in [-0.05, 0) is 18.9 Å². The normalized spacial score (nSPS) is 19.5. The lowest BCUT2D eigenvalue weighted by atomic mass is 10.1. The number of nitrogens with two attached hydrogens (primary N) is 1. The van der Waals surface area contributed by atoms with Crippen molar-refractivity contribution in [3.8, 4) is 0 Å². The van der Waals surface area contributed by atoms with Gasteiger partial charge in [0.15, 0.2) is 5.13 Å². The van der Waals surface area contributed by atoms with Crippen LogP contribution in [0.5, 0.6) is 0 Å². The molecule has 0 bridgehead atoms. The summed E-state index contributed by atoms with van der Waals surface area (Å²) in [6.07, 6.45) is 3.02. The van der Waals surface area contributed by atoms with E-state index in [1.807, 2.05) is 11.6 Å². The number of nitrogens with zero attached hydrogens (tertiary/aromatic N) is 3. The van der Waals surface area contributed by atoms with E-state index in [1.165, 1.54) is 11.7 Å². The molecule has 1 aliphatic heterocycles. The summed E-state index contributed by atoms with van der Waals surface area (Å²) in [7, 11) is 0. The second-order valence-electron chi connectivity index (χ2n) is 4.78. The summed E-state index contributed by atoms with van der Waals surface area (Å²) < 4.78 is 0. The van der Waals surface area contributed by atoms with E-state index >= 15 is 0 Å². The Labute approximate surface area is 107 Å². The molecule has 96 valence electrons. The zero-order valence-corrected chi connectivity index (χ0v) is 11.3. The second-order valence-corrected chi connectivity index (χ2v) is 5.66. The van der Waals surface area contributed by atoms with Crippen LogP contribution >= 0.6 is 11.3 Å². The molecule has 0 saturated carbocycles. The Morgan fingerprint density at radius 3 is 2.76 bits per heavy atom. The third kappa shape index (κ3) is 3.66. The van der Waals surface area contributed by atoms with Crippen LogP contribution in [-0.2, 0) is 0 Å². The van der Waals surface area contributed by atoms with Crippen LogP contribution in [0.1, 0.15) is 13.3 Å². The Morgan fingerprint density at radius 1 is 1.41 bits per heavy atom. The number of hydrogen-bond donors (Lipinski definition) is 1. The number of anilines is 1. The molecule has 2 heterocycles. The van der Waals surface area contributed by atoms with E-state index in [9.17, 15) is 0 Å². The van der Waals surface area contributed by atoms with Crippen LogP contribution in [-0.4, -0.2) is 49.2 Å². The van der Waals surface area contributed by atoms with Crippen molar-refractivity contribution in [1.82, 2.24) is 9.88 Å².